The smallest absolute Gasteiger partial charge is 0.276 e. The fourth-order valence-electron chi connectivity index (χ4n) is 1.44. The van der Waals surface area contributed by atoms with Crippen LogP contribution in [0, 0.1) is 0 Å². The molecule has 2 aromatic rings. The minimum Gasteiger partial charge on any atom is -0.372 e. The SMILES string of the molecule is CNc1cncc(C(=O)Nc2c(Cl)cc(Br)cc2Cl)n1. The molecule has 1 amide bonds. The van der Waals surface area contributed by atoms with E-state index in [1.807, 2.05) is 0 Å². The van der Waals surface area contributed by atoms with Crippen molar-refractivity contribution in [3.05, 3.63) is 44.7 Å². The number of nitrogens with zero attached hydrogens (tertiary/aromatic N) is 2. The molecule has 0 aliphatic carbocycles. The third-order valence-corrected chi connectivity index (χ3v) is 3.42. The number of carbonyl (C=O) groups is 1. The van der Waals surface area contributed by atoms with Crippen LogP contribution in [0.15, 0.2) is 29.0 Å². The van der Waals surface area contributed by atoms with Gasteiger partial charge in [-0.05, 0) is 12.1 Å². The van der Waals surface area contributed by atoms with E-state index in [1.54, 1.807) is 19.2 Å². The van der Waals surface area contributed by atoms with Gasteiger partial charge in [-0.2, -0.15) is 0 Å². The van der Waals surface area contributed by atoms with Gasteiger partial charge >= 0.3 is 0 Å². The molecule has 5 nitrogen and oxygen atoms in total. The summed E-state index contributed by atoms with van der Waals surface area (Å²) in [5, 5.41) is 6.08. The highest BCUT2D eigenvalue weighted by Crippen LogP contribution is 2.33. The predicted molar refractivity (Wildman–Crippen MR) is 83.7 cm³/mol. The molecule has 1 heterocycles. The van der Waals surface area contributed by atoms with Crippen LogP contribution in [0.1, 0.15) is 10.5 Å². The Labute approximate surface area is 133 Å². The summed E-state index contributed by atoms with van der Waals surface area (Å²) in [5.74, 6) is 0.0476. The molecule has 2 N–H and O–H groups in total. The van der Waals surface area contributed by atoms with E-state index < -0.39 is 5.91 Å². The van der Waals surface area contributed by atoms with E-state index in [0.29, 0.717) is 21.6 Å². The van der Waals surface area contributed by atoms with Crippen molar-refractivity contribution in [3.63, 3.8) is 0 Å². The molecule has 0 aliphatic rings. The molecule has 0 radical (unpaired) electrons. The molecule has 8 heteroatoms. The monoisotopic (exact) mass is 374 g/mol. The number of benzene rings is 1. The Morgan fingerprint density at radius 1 is 1.25 bits per heavy atom. The molecule has 0 fully saturated rings. The lowest BCUT2D eigenvalue weighted by Gasteiger charge is -2.09. The van der Waals surface area contributed by atoms with E-state index in [1.165, 1.54) is 12.4 Å². The minimum atomic E-state index is -0.444. The lowest BCUT2D eigenvalue weighted by molar-refractivity contribution is 0.102. The van der Waals surface area contributed by atoms with Crippen molar-refractivity contribution in [3.8, 4) is 0 Å². The summed E-state index contributed by atoms with van der Waals surface area (Å²) < 4.78 is 0.725. The fraction of sp³-hybridized carbons (Fsp3) is 0.0833. The molecule has 0 saturated carbocycles. The zero-order valence-electron chi connectivity index (χ0n) is 10.2. The fourth-order valence-corrected chi connectivity index (χ4v) is 2.74. The van der Waals surface area contributed by atoms with Crippen LogP contribution in [0.2, 0.25) is 10.0 Å². The Bertz CT molecular complexity index is 643. The molecule has 20 heavy (non-hydrogen) atoms. The summed E-state index contributed by atoms with van der Waals surface area (Å²) in [4.78, 5) is 20.1. The number of amides is 1. The number of hydrogen-bond acceptors (Lipinski definition) is 4. The molecule has 0 aliphatic heterocycles. The van der Waals surface area contributed by atoms with Crippen LogP contribution >= 0.6 is 39.1 Å². The summed E-state index contributed by atoms with van der Waals surface area (Å²) in [5.41, 5.74) is 0.491. The van der Waals surface area contributed by atoms with E-state index in [0.717, 1.165) is 4.47 Å². The van der Waals surface area contributed by atoms with E-state index >= 15 is 0 Å². The van der Waals surface area contributed by atoms with Crippen LogP contribution in [-0.4, -0.2) is 22.9 Å². The van der Waals surface area contributed by atoms with Gasteiger partial charge in [0.1, 0.15) is 11.5 Å². The van der Waals surface area contributed by atoms with Gasteiger partial charge in [-0.3, -0.25) is 9.78 Å². The summed E-state index contributed by atoms with van der Waals surface area (Å²) in [6, 6.07) is 3.28. The zero-order valence-corrected chi connectivity index (χ0v) is 13.3. The standard InChI is InChI=1S/C12H9BrCl2N4O/c1-16-10-5-17-4-9(18-10)12(20)19-11-7(14)2-6(13)3-8(11)15/h2-5H,1H3,(H,16,18)(H,19,20). The lowest BCUT2D eigenvalue weighted by Crippen LogP contribution is -2.15. The van der Waals surface area contributed by atoms with Gasteiger partial charge in [0.25, 0.3) is 5.91 Å². The molecule has 1 aromatic carbocycles. The largest absolute Gasteiger partial charge is 0.372 e. The van der Waals surface area contributed by atoms with Gasteiger partial charge in [0, 0.05) is 11.5 Å². The molecular weight excluding hydrogens is 367 g/mol. The quantitative estimate of drug-likeness (QED) is 0.855. The van der Waals surface area contributed by atoms with Crippen molar-refractivity contribution in [2.24, 2.45) is 0 Å². The second-order valence-corrected chi connectivity index (χ2v) is 5.47. The van der Waals surface area contributed by atoms with Crippen molar-refractivity contribution in [2.75, 3.05) is 17.7 Å². The van der Waals surface area contributed by atoms with Gasteiger partial charge in [0.05, 0.1) is 28.1 Å². The first-order chi connectivity index (χ1) is 9.51. The number of anilines is 2. The third-order valence-electron chi connectivity index (χ3n) is 2.37. The van der Waals surface area contributed by atoms with E-state index in [4.69, 9.17) is 23.2 Å². The Hall–Kier alpha value is -1.37. The molecule has 0 unspecified atom stereocenters. The van der Waals surface area contributed by atoms with Gasteiger partial charge in [-0.25, -0.2) is 4.98 Å². The maximum absolute atomic E-state index is 12.1. The summed E-state index contributed by atoms with van der Waals surface area (Å²) in [7, 11) is 1.69. The molecular formula is C12H9BrCl2N4O. The van der Waals surface area contributed by atoms with Crippen LogP contribution in [0.25, 0.3) is 0 Å². The highest BCUT2D eigenvalue weighted by Gasteiger charge is 2.14. The Morgan fingerprint density at radius 2 is 1.90 bits per heavy atom. The van der Waals surface area contributed by atoms with E-state index in [2.05, 4.69) is 36.5 Å². The van der Waals surface area contributed by atoms with Crippen LogP contribution in [-0.2, 0) is 0 Å². The van der Waals surface area contributed by atoms with E-state index in [9.17, 15) is 4.79 Å². The maximum Gasteiger partial charge on any atom is 0.276 e. The van der Waals surface area contributed by atoms with Crippen molar-refractivity contribution in [1.82, 2.24) is 9.97 Å². The van der Waals surface area contributed by atoms with Gasteiger partial charge in [-0.15, -0.1) is 0 Å². The van der Waals surface area contributed by atoms with Gasteiger partial charge in [-0.1, -0.05) is 39.1 Å². The summed E-state index contributed by atoms with van der Waals surface area (Å²) in [6.45, 7) is 0. The number of rotatable bonds is 3. The van der Waals surface area contributed by atoms with Crippen LogP contribution in [0.5, 0.6) is 0 Å². The lowest BCUT2D eigenvalue weighted by atomic mass is 10.3. The van der Waals surface area contributed by atoms with Gasteiger partial charge in [0.2, 0.25) is 0 Å². The second-order valence-electron chi connectivity index (χ2n) is 3.74. The molecule has 0 saturated heterocycles. The normalized spacial score (nSPS) is 10.2. The molecule has 104 valence electrons. The Morgan fingerprint density at radius 3 is 2.50 bits per heavy atom. The molecule has 0 bridgehead atoms. The zero-order chi connectivity index (χ0) is 14.7. The van der Waals surface area contributed by atoms with Gasteiger partial charge in [0.15, 0.2) is 0 Å². The Kier molecular flexibility index (Phi) is 4.80. The number of aromatic nitrogens is 2. The predicted octanol–water partition coefficient (Wildman–Crippen LogP) is 3.84. The first-order valence-corrected chi connectivity index (χ1v) is 7.02. The van der Waals surface area contributed by atoms with Gasteiger partial charge < -0.3 is 10.6 Å². The van der Waals surface area contributed by atoms with E-state index in [-0.39, 0.29) is 5.69 Å². The number of nitrogens with one attached hydrogen (secondary N) is 2. The average Bonchev–Trinajstić information content (AvgIpc) is 2.42. The number of hydrogen-bond donors (Lipinski definition) is 2. The topological polar surface area (TPSA) is 66.9 Å². The molecule has 0 spiro atoms. The molecule has 1 aromatic heterocycles. The average molecular weight is 376 g/mol. The maximum atomic E-state index is 12.1. The first-order valence-electron chi connectivity index (χ1n) is 5.47. The summed E-state index contributed by atoms with van der Waals surface area (Å²) in [6.07, 6.45) is 2.87. The van der Waals surface area contributed by atoms with Crippen molar-refractivity contribution in [2.45, 2.75) is 0 Å². The minimum absolute atomic E-state index is 0.159. The Balaban J connectivity index is 2.28. The first kappa shape index (κ1) is 15.0. The van der Waals surface area contributed by atoms with Crippen LogP contribution in [0.3, 0.4) is 0 Å². The van der Waals surface area contributed by atoms with Crippen molar-refractivity contribution < 1.29 is 4.79 Å². The number of carbonyl (C=O) groups excluding carboxylic acids is 1. The molecule has 0 atom stereocenters. The van der Waals surface area contributed by atoms with Crippen LogP contribution < -0.4 is 10.6 Å². The number of halogens is 3. The van der Waals surface area contributed by atoms with Crippen molar-refractivity contribution in [1.29, 1.82) is 0 Å². The molecule has 2 rings (SSSR count). The third kappa shape index (κ3) is 3.39. The summed E-state index contributed by atoms with van der Waals surface area (Å²) >= 11 is 15.4. The highest BCUT2D eigenvalue weighted by molar-refractivity contribution is 9.10. The second kappa shape index (κ2) is 6.39. The van der Waals surface area contributed by atoms with Crippen LogP contribution in [0.4, 0.5) is 11.5 Å². The highest BCUT2D eigenvalue weighted by atomic mass is 79.9. The van der Waals surface area contributed by atoms with Crippen molar-refractivity contribution >= 4 is 56.5 Å².